The Hall–Kier alpha value is -3.55. The lowest BCUT2D eigenvalue weighted by Gasteiger charge is -2.19. The summed E-state index contributed by atoms with van der Waals surface area (Å²) in [5.74, 6) is -3.00. The third-order valence-electron chi connectivity index (χ3n) is 5.21. The Morgan fingerprint density at radius 2 is 1.70 bits per heavy atom. The van der Waals surface area contributed by atoms with Crippen molar-refractivity contribution < 1.29 is 54.7 Å². The van der Waals surface area contributed by atoms with Crippen LogP contribution >= 0.6 is 0 Å². The van der Waals surface area contributed by atoms with E-state index < -0.39 is 71.5 Å². The van der Waals surface area contributed by atoms with E-state index in [1.54, 1.807) is 0 Å². The van der Waals surface area contributed by atoms with Gasteiger partial charge in [-0.1, -0.05) is 0 Å². The molecule has 0 bridgehead atoms. The van der Waals surface area contributed by atoms with Crippen molar-refractivity contribution >= 4 is 11.0 Å². The SMILES string of the molecule is O=c1c(O[C@@H]2O[C@@H]([C@H](O)CO)[C@@H](O)[C@H]2O)c(-c2ccc(O)c(O)c2)oc2cc(O)cc(O)c12. The smallest absolute Gasteiger partial charge is 0.239 e. The highest BCUT2D eigenvalue weighted by atomic mass is 16.7. The van der Waals surface area contributed by atoms with Crippen molar-refractivity contribution in [3.8, 4) is 40.1 Å². The molecule has 0 radical (unpaired) electrons. The molecule has 0 unspecified atom stereocenters. The molecule has 1 aliphatic heterocycles. The summed E-state index contributed by atoms with van der Waals surface area (Å²) in [5.41, 5.74) is -1.16. The summed E-state index contributed by atoms with van der Waals surface area (Å²) in [6.45, 7) is -0.783. The summed E-state index contributed by atoms with van der Waals surface area (Å²) in [5, 5.41) is 78.3. The van der Waals surface area contributed by atoms with Crippen LogP contribution in [0.5, 0.6) is 28.7 Å². The minimum atomic E-state index is -1.75. The highest BCUT2D eigenvalue weighted by Gasteiger charge is 2.47. The fraction of sp³-hybridized carbons (Fsp3) is 0.286. The number of aliphatic hydroxyl groups is 4. The maximum atomic E-state index is 13.2. The van der Waals surface area contributed by atoms with E-state index in [4.69, 9.17) is 19.0 Å². The summed E-state index contributed by atoms with van der Waals surface area (Å²) < 4.78 is 16.5. The number of fused-ring (bicyclic) bond motifs is 1. The van der Waals surface area contributed by atoms with E-state index in [1.807, 2.05) is 0 Å². The molecule has 3 aromatic rings. The summed E-state index contributed by atoms with van der Waals surface area (Å²) in [4.78, 5) is 13.2. The summed E-state index contributed by atoms with van der Waals surface area (Å²) in [6.07, 6.45) is -8.11. The van der Waals surface area contributed by atoms with Crippen molar-refractivity contribution in [3.05, 3.63) is 40.6 Å². The topological polar surface area (TPSA) is 211 Å². The van der Waals surface area contributed by atoms with Crippen LogP contribution in [0.3, 0.4) is 0 Å². The van der Waals surface area contributed by atoms with Crippen LogP contribution in [0.15, 0.2) is 39.5 Å². The van der Waals surface area contributed by atoms with Crippen molar-refractivity contribution in [2.24, 2.45) is 0 Å². The van der Waals surface area contributed by atoms with Crippen LogP contribution in [0.1, 0.15) is 0 Å². The van der Waals surface area contributed by atoms with E-state index >= 15 is 0 Å². The van der Waals surface area contributed by atoms with E-state index in [9.17, 15) is 40.5 Å². The fourth-order valence-corrected chi connectivity index (χ4v) is 3.54. The van der Waals surface area contributed by atoms with Crippen LogP contribution in [0.25, 0.3) is 22.3 Å². The van der Waals surface area contributed by atoms with Crippen LogP contribution in [-0.2, 0) is 4.74 Å². The molecule has 8 N–H and O–H groups in total. The van der Waals surface area contributed by atoms with Gasteiger partial charge in [0.2, 0.25) is 17.5 Å². The second kappa shape index (κ2) is 8.42. The van der Waals surface area contributed by atoms with E-state index in [0.717, 1.165) is 24.3 Å². The van der Waals surface area contributed by atoms with Crippen LogP contribution in [-0.4, -0.2) is 78.2 Å². The van der Waals surface area contributed by atoms with Crippen molar-refractivity contribution in [1.82, 2.24) is 0 Å². The Morgan fingerprint density at radius 1 is 0.970 bits per heavy atom. The normalized spacial score (nSPS) is 23.6. The third kappa shape index (κ3) is 3.90. The summed E-state index contributed by atoms with van der Waals surface area (Å²) in [6, 6.07) is 5.38. The Kier molecular flexibility index (Phi) is 5.78. The number of hydrogen-bond donors (Lipinski definition) is 8. The Bertz CT molecular complexity index is 1250. The molecule has 12 nitrogen and oxygen atoms in total. The molecule has 1 aliphatic rings. The molecule has 0 aliphatic carbocycles. The average Bonchev–Trinajstić information content (AvgIpc) is 3.04. The molecular formula is C21H20O12. The highest BCUT2D eigenvalue weighted by molar-refractivity contribution is 5.88. The van der Waals surface area contributed by atoms with Crippen molar-refractivity contribution in [3.63, 3.8) is 0 Å². The van der Waals surface area contributed by atoms with Gasteiger partial charge < -0.3 is 54.7 Å². The first-order valence-corrected chi connectivity index (χ1v) is 9.64. The molecule has 176 valence electrons. The average molecular weight is 464 g/mol. The molecule has 33 heavy (non-hydrogen) atoms. The maximum Gasteiger partial charge on any atom is 0.239 e. The zero-order valence-electron chi connectivity index (χ0n) is 16.7. The van der Waals surface area contributed by atoms with Crippen molar-refractivity contribution in [2.75, 3.05) is 6.61 Å². The van der Waals surface area contributed by atoms with Gasteiger partial charge in [-0.15, -0.1) is 0 Å². The molecule has 0 amide bonds. The molecule has 0 saturated carbocycles. The lowest BCUT2D eigenvalue weighted by atomic mass is 10.1. The van der Waals surface area contributed by atoms with Gasteiger partial charge in [-0.05, 0) is 18.2 Å². The monoisotopic (exact) mass is 464 g/mol. The van der Waals surface area contributed by atoms with Gasteiger partial charge in [-0.25, -0.2) is 0 Å². The number of ether oxygens (including phenoxy) is 2. The molecular weight excluding hydrogens is 444 g/mol. The minimum absolute atomic E-state index is 0.0297. The zero-order chi connectivity index (χ0) is 24.0. The molecule has 2 aromatic carbocycles. The molecule has 12 heteroatoms. The summed E-state index contributed by atoms with van der Waals surface area (Å²) in [7, 11) is 0. The molecule has 1 aromatic heterocycles. The second-order valence-corrected chi connectivity index (χ2v) is 7.45. The van der Waals surface area contributed by atoms with Crippen molar-refractivity contribution in [1.29, 1.82) is 0 Å². The first kappa shape index (κ1) is 22.6. The number of benzene rings is 2. The molecule has 1 fully saturated rings. The molecule has 1 saturated heterocycles. The third-order valence-corrected chi connectivity index (χ3v) is 5.21. The van der Waals surface area contributed by atoms with Crippen LogP contribution in [0, 0.1) is 0 Å². The predicted octanol–water partition coefficient (Wildman–Crippen LogP) is -0.539. The Morgan fingerprint density at radius 3 is 2.36 bits per heavy atom. The lowest BCUT2D eigenvalue weighted by Crippen LogP contribution is -2.40. The number of phenolic OH excluding ortho intramolecular Hbond substituents is 4. The number of aromatic hydroxyl groups is 4. The quantitative estimate of drug-likeness (QED) is 0.224. The van der Waals surface area contributed by atoms with Gasteiger partial charge in [0, 0.05) is 17.7 Å². The van der Waals surface area contributed by atoms with E-state index in [-0.39, 0.29) is 22.3 Å². The van der Waals surface area contributed by atoms with E-state index in [2.05, 4.69) is 0 Å². The maximum absolute atomic E-state index is 13.2. The van der Waals surface area contributed by atoms with Crippen molar-refractivity contribution in [2.45, 2.75) is 30.7 Å². The largest absolute Gasteiger partial charge is 0.508 e. The Balaban J connectivity index is 1.88. The van der Waals surface area contributed by atoms with Crippen LogP contribution < -0.4 is 10.2 Å². The van der Waals surface area contributed by atoms with Gasteiger partial charge in [0.1, 0.15) is 46.9 Å². The molecule has 2 heterocycles. The molecule has 5 atom stereocenters. The number of hydrogen-bond acceptors (Lipinski definition) is 12. The minimum Gasteiger partial charge on any atom is -0.508 e. The van der Waals surface area contributed by atoms with Gasteiger partial charge in [-0.3, -0.25) is 4.79 Å². The molecule has 0 spiro atoms. The van der Waals surface area contributed by atoms with E-state index in [0.29, 0.717) is 0 Å². The van der Waals surface area contributed by atoms with Gasteiger partial charge in [0.25, 0.3) is 0 Å². The molecule has 4 rings (SSSR count). The number of rotatable bonds is 5. The predicted molar refractivity (Wildman–Crippen MR) is 109 cm³/mol. The Labute approximate surface area is 184 Å². The number of phenols is 4. The highest BCUT2D eigenvalue weighted by Crippen LogP contribution is 2.39. The van der Waals surface area contributed by atoms with Gasteiger partial charge >= 0.3 is 0 Å². The number of aliphatic hydroxyl groups excluding tert-OH is 4. The lowest BCUT2D eigenvalue weighted by molar-refractivity contribution is -0.137. The fourth-order valence-electron chi connectivity index (χ4n) is 3.54. The first-order valence-electron chi connectivity index (χ1n) is 9.64. The second-order valence-electron chi connectivity index (χ2n) is 7.45. The summed E-state index contributed by atoms with van der Waals surface area (Å²) >= 11 is 0. The van der Waals surface area contributed by atoms with Gasteiger partial charge in [0.15, 0.2) is 17.3 Å². The van der Waals surface area contributed by atoms with E-state index in [1.165, 1.54) is 6.07 Å². The van der Waals surface area contributed by atoms with Gasteiger partial charge in [-0.2, -0.15) is 0 Å². The van der Waals surface area contributed by atoms with Crippen LogP contribution in [0.2, 0.25) is 0 Å². The first-order chi connectivity index (χ1) is 15.6. The standard InChI is InChI=1S/C21H20O12/c22-6-12(27)19-16(29)17(30)21(32-19)33-20-15(28)14-11(26)4-8(23)5-13(14)31-18(20)7-1-2-9(24)10(25)3-7/h1-5,12,16-17,19,21-27,29-30H,6H2/t12-,16+,17-,19+,21+/m1/s1. The van der Waals surface area contributed by atoms with Crippen LogP contribution in [0.4, 0.5) is 0 Å². The zero-order valence-corrected chi connectivity index (χ0v) is 16.7. The van der Waals surface area contributed by atoms with Gasteiger partial charge in [0.05, 0.1) is 6.61 Å².